The molecule has 0 fully saturated rings. The highest BCUT2D eigenvalue weighted by atomic mass is 32.2. The molecule has 1 aromatic rings. The van der Waals surface area contributed by atoms with Crippen molar-refractivity contribution >= 4 is 34.3 Å². The molecule has 34 heavy (non-hydrogen) atoms. The molecule has 0 radical (unpaired) electrons. The SMILES string of the molecule is C=C(CC)[C@@H](CO[C@@H](Cc1ccccc1)C(=O)N[C@@H](CCS(C)(=O)=O)C(=O)[OH2+])NCC(N)CS. The molecule has 192 valence electrons. The molecule has 4 atom stereocenters. The number of rotatable bonds is 17. The van der Waals surface area contributed by atoms with Crippen molar-refractivity contribution in [3.63, 3.8) is 0 Å². The van der Waals surface area contributed by atoms with E-state index >= 15 is 0 Å². The van der Waals surface area contributed by atoms with Gasteiger partial charge in [0.1, 0.15) is 15.9 Å². The molecular weight excluding hydrogens is 478 g/mol. The molecule has 0 aromatic heterocycles. The molecule has 11 heteroatoms. The number of nitrogens with one attached hydrogen (secondary N) is 2. The van der Waals surface area contributed by atoms with Crippen LogP contribution in [-0.2, 0) is 30.6 Å². The van der Waals surface area contributed by atoms with Gasteiger partial charge in [0.05, 0.1) is 18.4 Å². The zero-order valence-electron chi connectivity index (χ0n) is 19.8. The first-order chi connectivity index (χ1) is 16.0. The van der Waals surface area contributed by atoms with Gasteiger partial charge in [0.25, 0.3) is 0 Å². The molecule has 1 aromatic carbocycles. The smallest absolute Gasteiger partial charge is 0.538 e. The van der Waals surface area contributed by atoms with Gasteiger partial charge >= 0.3 is 5.97 Å². The summed E-state index contributed by atoms with van der Waals surface area (Å²) in [6.07, 6.45) is 0.834. The number of nitrogens with two attached hydrogens (primary N) is 1. The van der Waals surface area contributed by atoms with Crippen LogP contribution in [0.2, 0.25) is 0 Å². The summed E-state index contributed by atoms with van der Waals surface area (Å²) in [5.74, 6) is -1.46. The molecule has 6 N–H and O–H groups in total. The zero-order valence-corrected chi connectivity index (χ0v) is 21.5. The fourth-order valence-corrected chi connectivity index (χ4v) is 3.85. The lowest BCUT2D eigenvalue weighted by Gasteiger charge is -2.26. The van der Waals surface area contributed by atoms with E-state index in [0.717, 1.165) is 17.4 Å². The summed E-state index contributed by atoms with van der Waals surface area (Å²) in [6.45, 7) is 6.67. The van der Waals surface area contributed by atoms with Crippen molar-refractivity contribution in [1.29, 1.82) is 0 Å². The summed E-state index contributed by atoms with van der Waals surface area (Å²) in [7, 11) is -3.36. The van der Waals surface area contributed by atoms with Crippen molar-refractivity contribution in [1.82, 2.24) is 10.6 Å². The Morgan fingerprint density at radius 2 is 1.88 bits per heavy atom. The van der Waals surface area contributed by atoms with E-state index in [1.54, 1.807) is 0 Å². The van der Waals surface area contributed by atoms with Crippen molar-refractivity contribution in [3.8, 4) is 0 Å². The van der Waals surface area contributed by atoms with Crippen LogP contribution < -0.4 is 16.4 Å². The summed E-state index contributed by atoms with van der Waals surface area (Å²) in [6, 6.07) is 7.61. The molecule has 0 spiro atoms. The van der Waals surface area contributed by atoms with Crippen LogP contribution in [0.4, 0.5) is 0 Å². The molecular formula is C23H38N3O6S2+. The lowest BCUT2D eigenvalue weighted by atomic mass is 10.1. The minimum absolute atomic E-state index is 0.139. The van der Waals surface area contributed by atoms with Crippen LogP contribution in [0.25, 0.3) is 0 Å². The first kappa shape index (κ1) is 30.1. The molecule has 0 aliphatic rings. The normalized spacial score (nSPS) is 15.2. The fraction of sp³-hybridized carbons (Fsp3) is 0.565. The van der Waals surface area contributed by atoms with Crippen molar-refractivity contribution in [2.75, 3.05) is 30.9 Å². The highest BCUT2D eigenvalue weighted by molar-refractivity contribution is 7.90. The third-order valence-electron chi connectivity index (χ3n) is 5.24. The van der Waals surface area contributed by atoms with Crippen molar-refractivity contribution in [3.05, 3.63) is 48.0 Å². The highest BCUT2D eigenvalue weighted by Crippen LogP contribution is 2.11. The second kappa shape index (κ2) is 15.2. The second-order valence-corrected chi connectivity index (χ2v) is 10.9. The lowest BCUT2D eigenvalue weighted by molar-refractivity contribution is -0.144. The second-order valence-electron chi connectivity index (χ2n) is 8.27. The number of sulfone groups is 1. The van der Waals surface area contributed by atoms with E-state index in [2.05, 4.69) is 29.8 Å². The van der Waals surface area contributed by atoms with Crippen LogP contribution in [0.3, 0.4) is 0 Å². The maximum absolute atomic E-state index is 13.1. The lowest BCUT2D eigenvalue weighted by Crippen LogP contribution is -2.49. The molecule has 0 saturated carbocycles. The largest absolute Gasteiger partial charge is 0.563 e. The molecule has 0 aliphatic heterocycles. The fourth-order valence-electron chi connectivity index (χ4n) is 3.06. The Balaban J connectivity index is 2.98. The first-order valence-electron chi connectivity index (χ1n) is 11.1. The highest BCUT2D eigenvalue weighted by Gasteiger charge is 2.31. The summed E-state index contributed by atoms with van der Waals surface area (Å²) in [5, 5.41) is 13.2. The molecule has 0 heterocycles. The number of ether oxygens (including phenoxy) is 1. The van der Waals surface area contributed by atoms with Gasteiger partial charge in [-0.1, -0.05) is 49.4 Å². The minimum atomic E-state index is -3.36. The molecule has 0 saturated heterocycles. The van der Waals surface area contributed by atoms with Gasteiger partial charge in [0.2, 0.25) is 5.91 Å². The van der Waals surface area contributed by atoms with E-state index in [-0.39, 0.29) is 37.3 Å². The molecule has 1 rings (SSSR count). The summed E-state index contributed by atoms with van der Waals surface area (Å²) in [5.41, 5.74) is 7.68. The first-order valence-corrected chi connectivity index (χ1v) is 13.8. The van der Waals surface area contributed by atoms with E-state index in [0.29, 0.717) is 18.7 Å². The Labute approximate surface area is 207 Å². The van der Waals surface area contributed by atoms with E-state index in [1.807, 2.05) is 37.3 Å². The topological polar surface area (TPSA) is 150 Å². The average Bonchev–Trinajstić information content (AvgIpc) is 2.79. The molecule has 0 bridgehead atoms. The van der Waals surface area contributed by atoms with Gasteiger partial charge in [0.15, 0.2) is 6.04 Å². The predicted molar refractivity (Wildman–Crippen MR) is 138 cm³/mol. The van der Waals surface area contributed by atoms with E-state index in [9.17, 15) is 18.0 Å². The van der Waals surface area contributed by atoms with E-state index in [4.69, 9.17) is 15.6 Å². The van der Waals surface area contributed by atoms with Crippen LogP contribution in [-0.4, -0.2) is 80.5 Å². The van der Waals surface area contributed by atoms with Crippen LogP contribution in [0.1, 0.15) is 25.3 Å². The van der Waals surface area contributed by atoms with Crippen LogP contribution in [0.15, 0.2) is 42.5 Å². The number of thiol groups is 1. The zero-order chi connectivity index (χ0) is 25.7. The maximum Gasteiger partial charge on any atom is 0.538 e. The third-order valence-corrected chi connectivity index (χ3v) is 6.68. The number of hydrogen-bond donors (Lipinski definition) is 4. The number of carbonyl (C=O) groups is 2. The Hall–Kier alpha value is -1.92. The third kappa shape index (κ3) is 12.0. The Kier molecular flexibility index (Phi) is 13.4. The maximum atomic E-state index is 13.1. The predicted octanol–water partition coefficient (Wildman–Crippen LogP) is -0.0335. The summed E-state index contributed by atoms with van der Waals surface area (Å²) >= 11 is 4.19. The van der Waals surface area contributed by atoms with Crippen molar-refractivity contribution < 1.29 is 27.9 Å². The number of hydrogen-bond acceptors (Lipinski definition) is 8. The Morgan fingerprint density at radius 1 is 1.24 bits per heavy atom. The van der Waals surface area contributed by atoms with Gasteiger partial charge in [-0.05, 0) is 18.4 Å². The van der Waals surface area contributed by atoms with Crippen LogP contribution in [0.5, 0.6) is 0 Å². The quantitative estimate of drug-likeness (QED) is 0.129. The summed E-state index contributed by atoms with van der Waals surface area (Å²) < 4.78 is 29.0. The minimum Gasteiger partial charge on any atom is -0.563 e. The van der Waals surface area contributed by atoms with Crippen LogP contribution in [0, 0.1) is 0 Å². The van der Waals surface area contributed by atoms with E-state index < -0.39 is 33.9 Å². The molecule has 1 unspecified atom stereocenters. The molecule has 0 aliphatic carbocycles. The molecule has 1 amide bonds. The van der Waals surface area contributed by atoms with Crippen LogP contribution >= 0.6 is 12.6 Å². The Morgan fingerprint density at radius 3 is 2.41 bits per heavy atom. The average molecular weight is 517 g/mol. The van der Waals surface area contributed by atoms with Gasteiger partial charge in [-0.15, -0.1) is 0 Å². The van der Waals surface area contributed by atoms with Gasteiger partial charge in [-0.2, -0.15) is 12.6 Å². The number of benzene rings is 1. The number of carbonyl (C=O) groups excluding carboxylic acids is 2. The summed E-state index contributed by atoms with van der Waals surface area (Å²) in [4.78, 5) is 24.8. The molecule has 9 nitrogen and oxygen atoms in total. The van der Waals surface area contributed by atoms with Gasteiger partial charge in [0, 0.05) is 35.8 Å². The Bertz CT molecular complexity index is 895. The van der Waals surface area contributed by atoms with Crippen molar-refractivity contribution in [2.24, 2.45) is 5.73 Å². The van der Waals surface area contributed by atoms with Crippen molar-refractivity contribution in [2.45, 2.75) is 50.4 Å². The monoisotopic (exact) mass is 516 g/mol. The standard InChI is InChI=1S/C23H37N3O6S2/c1-4-16(2)20(25-13-18(24)15-33)14-32-21(12-17-8-6-5-7-9-17)22(27)26-19(23(28)29)10-11-34(3,30)31/h5-9,18-21,25,33H,2,4,10-15,24H2,1,3H3,(H,26,27)(H,28,29)/p+1/t18?,19-,20+,21-/m0/s1. The van der Waals surface area contributed by atoms with Gasteiger partial charge in [-0.3, -0.25) is 4.79 Å². The van der Waals surface area contributed by atoms with Gasteiger partial charge < -0.3 is 26.2 Å². The van der Waals surface area contributed by atoms with Gasteiger partial charge in [-0.25, -0.2) is 8.42 Å². The number of amides is 1. The van der Waals surface area contributed by atoms with E-state index in [1.165, 1.54) is 0 Å².